The number of nitriles is 4. The molecule has 0 atom stereocenters. The van der Waals surface area contributed by atoms with Crippen LogP contribution < -0.4 is 0 Å². The molecule has 2 aromatic heterocycles. The fraction of sp³-hybridized carbons (Fsp3) is 0.0448. The van der Waals surface area contributed by atoms with Gasteiger partial charge in [-0.05, 0) is 159 Å². The molecule has 0 saturated carbocycles. The van der Waals surface area contributed by atoms with Gasteiger partial charge in [-0.2, -0.15) is 60.6 Å². The summed E-state index contributed by atoms with van der Waals surface area (Å²) in [5.74, 6) is 0. The first-order valence-electron chi connectivity index (χ1n) is 25.1. The van der Waals surface area contributed by atoms with Crippen LogP contribution in [-0.2, 0) is 18.5 Å². The summed E-state index contributed by atoms with van der Waals surface area (Å²) in [6.07, 6.45) is -15.3. The maximum atomic E-state index is 14.8. The largest absolute Gasteiger partial charge is 0.417 e. The lowest BCUT2D eigenvalue weighted by Gasteiger charge is -2.20. The molecule has 394 valence electrons. The number of aromatic nitrogens is 2. The van der Waals surface area contributed by atoms with E-state index in [1.165, 1.54) is 36.4 Å². The van der Waals surface area contributed by atoms with Gasteiger partial charge in [0.2, 0.25) is 0 Å². The zero-order valence-corrected chi connectivity index (χ0v) is 42.1. The molecule has 0 bridgehead atoms. The number of fused-ring (bicyclic) bond motifs is 6. The number of benzene rings is 10. The van der Waals surface area contributed by atoms with E-state index in [0.29, 0.717) is 100 Å². The second-order valence-electron chi connectivity index (χ2n) is 19.4. The summed E-state index contributed by atoms with van der Waals surface area (Å²) in [6.45, 7) is 0. The van der Waals surface area contributed by atoms with Crippen LogP contribution in [0.25, 0.3) is 111 Å². The van der Waals surface area contributed by atoms with Crippen molar-refractivity contribution in [3.05, 3.63) is 239 Å². The lowest BCUT2D eigenvalue weighted by molar-refractivity contribution is -0.143. The summed E-state index contributed by atoms with van der Waals surface area (Å²) in [6, 6.07) is 58.8. The molecule has 82 heavy (non-hydrogen) atoms. The lowest BCUT2D eigenvalue weighted by atomic mass is 9.96. The minimum atomic E-state index is -5.25. The Hall–Kier alpha value is -10.9. The standard InChI is InChI=1S/C67H33F9N6/c68-65(69,70)47-25-45(26-48(33-47)66(71,72)73)46-31-63(81-59-21-17-38(49-12-4-1-9-42(49)34-77)27-53(59)54-28-39(18-22-60(54)81)50-13-5-2-10-43(50)35-78)57(37-80)64(32-46)82-61-23-19-40(51-14-6-3-11-44(51)36-79)29-55(61)56-30-41(20-24-62(56)82)52-15-7-8-16-58(52)67(74,75)76/h1-33H. The molecule has 12 rings (SSSR count). The molecule has 2 heterocycles. The Morgan fingerprint density at radius 3 is 0.939 bits per heavy atom. The summed E-state index contributed by atoms with van der Waals surface area (Å²) >= 11 is 0. The quantitative estimate of drug-likeness (QED) is 0.148. The predicted octanol–water partition coefficient (Wildman–Crippen LogP) is 18.8. The van der Waals surface area contributed by atoms with Gasteiger partial charge < -0.3 is 9.13 Å². The van der Waals surface area contributed by atoms with E-state index < -0.39 is 40.8 Å². The highest BCUT2D eigenvalue weighted by atomic mass is 19.4. The fourth-order valence-electron chi connectivity index (χ4n) is 11.1. The van der Waals surface area contributed by atoms with Gasteiger partial charge >= 0.3 is 18.5 Å². The second kappa shape index (κ2) is 19.5. The van der Waals surface area contributed by atoms with Crippen molar-refractivity contribution >= 4 is 43.6 Å². The molecule has 0 fully saturated rings. The summed E-state index contributed by atoms with van der Waals surface area (Å²) in [4.78, 5) is 0. The Labute approximate surface area is 460 Å². The highest BCUT2D eigenvalue weighted by Gasteiger charge is 2.38. The van der Waals surface area contributed by atoms with Crippen LogP contribution in [-0.4, -0.2) is 9.13 Å². The van der Waals surface area contributed by atoms with E-state index in [9.17, 15) is 60.6 Å². The van der Waals surface area contributed by atoms with E-state index in [1.807, 2.05) is 12.1 Å². The zero-order valence-electron chi connectivity index (χ0n) is 42.1. The van der Waals surface area contributed by atoms with Crippen molar-refractivity contribution in [1.82, 2.24) is 9.13 Å². The molecular formula is C67H33F9N6. The smallest absolute Gasteiger partial charge is 0.308 e. The number of hydrogen-bond acceptors (Lipinski definition) is 4. The first kappa shape index (κ1) is 51.9. The van der Waals surface area contributed by atoms with E-state index in [2.05, 4.69) is 24.3 Å². The van der Waals surface area contributed by atoms with Crippen LogP contribution in [0.1, 0.15) is 38.9 Å². The molecule has 0 radical (unpaired) electrons. The molecule has 0 aliphatic rings. The summed E-state index contributed by atoms with van der Waals surface area (Å²) in [7, 11) is 0. The maximum Gasteiger partial charge on any atom is 0.417 e. The molecular weight excluding hydrogens is 1060 g/mol. The van der Waals surface area contributed by atoms with Crippen LogP contribution in [0.3, 0.4) is 0 Å². The first-order valence-corrected chi connectivity index (χ1v) is 25.1. The highest BCUT2D eigenvalue weighted by Crippen LogP contribution is 2.47. The van der Waals surface area contributed by atoms with Crippen LogP contribution in [0, 0.1) is 45.3 Å². The van der Waals surface area contributed by atoms with E-state index in [-0.39, 0.29) is 45.2 Å². The third-order valence-corrected chi connectivity index (χ3v) is 14.8. The van der Waals surface area contributed by atoms with Gasteiger partial charge in [-0.3, -0.25) is 0 Å². The third kappa shape index (κ3) is 8.78. The molecule has 15 heteroatoms. The monoisotopic (exact) mass is 1090 g/mol. The average Bonchev–Trinajstić information content (AvgIpc) is 2.37. The average molecular weight is 1090 g/mol. The van der Waals surface area contributed by atoms with E-state index in [0.717, 1.165) is 6.07 Å². The van der Waals surface area contributed by atoms with Crippen LogP contribution in [0.15, 0.2) is 200 Å². The van der Waals surface area contributed by atoms with Crippen molar-refractivity contribution in [1.29, 1.82) is 21.0 Å². The normalized spacial score (nSPS) is 11.9. The molecule has 6 nitrogen and oxygen atoms in total. The van der Waals surface area contributed by atoms with Crippen molar-refractivity contribution in [3.63, 3.8) is 0 Å². The van der Waals surface area contributed by atoms with E-state index in [4.69, 9.17) is 0 Å². The number of alkyl halides is 9. The third-order valence-electron chi connectivity index (χ3n) is 14.8. The summed E-state index contributed by atoms with van der Waals surface area (Å²) in [5, 5.41) is 44.1. The SMILES string of the molecule is N#Cc1ccccc1-c1ccc2c(c1)c1cc(-c3ccccc3C#N)ccc1n2-c1cc(-c2cc(C(F)(F)F)cc(C(F)(F)F)c2)cc(-n2c3ccc(-c4ccccc4C#N)cc3c3cc(-c4ccccc4C(F)(F)F)ccc32)c1C#N. The van der Waals surface area contributed by atoms with Gasteiger partial charge in [-0.25, -0.2) is 0 Å². The van der Waals surface area contributed by atoms with Crippen LogP contribution >= 0.6 is 0 Å². The minimum absolute atomic E-state index is 0.0154. The van der Waals surface area contributed by atoms with E-state index >= 15 is 0 Å². The predicted molar refractivity (Wildman–Crippen MR) is 296 cm³/mol. The van der Waals surface area contributed by atoms with Gasteiger partial charge in [-0.15, -0.1) is 0 Å². The molecule has 0 spiro atoms. The first-order chi connectivity index (χ1) is 39.4. The van der Waals surface area contributed by atoms with Crippen molar-refractivity contribution in [2.75, 3.05) is 0 Å². The summed E-state index contributed by atoms with van der Waals surface area (Å²) < 4.78 is 136. The van der Waals surface area contributed by atoms with Crippen molar-refractivity contribution in [2.45, 2.75) is 18.5 Å². The van der Waals surface area contributed by atoms with Crippen molar-refractivity contribution < 1.29 is 39.5 Å². The van der Waals surface area contributed by atoms with Gasteiger partial charge in [0, 0.05) is 21.5 Å². The molecule has 12 aromatic rings. The number of halogens is 9. The van der Waals surface area contributed by atoms with Crippen LogP contribution in [0.5, 0.6) is 0 Å². The van der Waals surface area contributed by atoms with Crippen LogP contribution in [0.2, 0.25) is 0 Å². The Morgan fingerprint density at radius 1 is 0.293 bits per heavy atom. The molecule has 0 aliphatic heterocycles. The maximum absolute atomic E-state index is 14.8. The number of hydrogen-bond donors (Lipinski definition) is 0. The molecule has 0 unspecified atom stereocenters. The van der Waals surface area contributed by atoms with Crippen molar-refractivity contribution in [3.8, 4) is 91.3 Å². The molecule has 0 amide bonds. The summed E-state index contributed by atoms with van der Waals surface area (Å²) in [5.41, 5.74) is 1.03. The Kier molecular flexibility index (Phi) is 12.3. The zero-order chi connectivity index (χ0) is 57.4. The lowest BCUT2D eigenvalue weighted by Crippen LogP contribution is -2.11. The van der Waals surface area contributed by atoms with Gasteiger partial charge in [0.15, 0.2) is 0 Å². The Bertz CT molecular complexity index is 4690. The van der Waals surface area contributed by atoms with E-state index in [1.54, 1.807) is 137 Å². The van der Waals surface area contributed by atoms with Gasteiger partial charge in [0.25, 0.3) is 0 Å². The minimum Gasteiger partial charge on any atom is -0.308 e. The van der Waals surface area contributed by atoms with Gasteiger partial charge in [0.05, 0.1) is 85.0 Å². The van der Waals surface area contributed by atoms with Gasteiger partial charge in [0.1, 0.15) is 11.6 Å². The fourth-order valence-corrected chi connectivity index (χ4v) is 11.1. The number of rotatable bonds is 7. The highest BCUT2D eigenvalue weighted by molar-refractivity contribution is 6.14. The Morgan fingerprint density at radius 2 is 0.610 bits per heavy atom. The molecule has 0 aliphatic carbocycles. The topological polar surface area (TPSA) is 105 Å². The molecule has 0 saturated heterocycles. The second-order valence-corrected chi connectivity index (χ2v) is 19.4. The van der Waals surface area contributed by atoms with Crippen molar-refractivity contribution in [2.24, 2.45) is 0 Å². The molecule has 10 aromatic carbocycles. The molecule has 0 N–H and O–H groups in total. The number of nitrogens with zero attached hydrogens (tertiary/aromatic N) is 6. The Balaban J connectivity index is 1.23. The van der Waals surface area contributed by atoms with Crippen LogP contribution in [0.4, 0.5) is 39.5 Å². The van der Waals surface area contributed by atoms with Gasteiger partial charge in [-0.1, -0.05) is 97.1 Å².